The number of nitro benzene ring substituents is 1. The molecule has 0 N–H and O–H groups in total. The van der Waals surface area contributed by atoms with E-state index in [9.17, 15) is 14.9 Å². The number of para-hydroxylation sites is 1. The topological polar surface area (TPSA) is 90.9 Å². The van der Waals surface area contributed by atoms with Crippen molar-refractivity contribution in [2.45, 2.75) is 18.4 Å². The highest BCUT2D eigenvalue weighted by Crippen LogP contribution is 2.43. The lowest BCUT2D eigenvalue weighted by Gasteiger charge is -2.31. The maximum absolute atomic E-state index is 13.4. The molecule has 0 spiro atoms. The van der Waals surface area contributed by atoms with E-state index in [1.165, 1.54) is 6.07 Å². The first-order valence-electron chi connectivity index (χ1n) is 9.96. The summed E-state index contributed by atoms with van der Waals surface area (Å²) < 4.78 is 1.65. The van der Waals surface area contributed by atoms with Gasteiger partial charge >= 0.3 is 0 Å². The molecule has 5 rings (SSSR count). The second kappa shape index (κ2) is 7.60. The molecule has 1 aromatic heterocycles. The highest BCUT2D eigenvalue weighted by atomic mass is 16.6. The van der Waals surface area contributed by atoms with E-state index < -0.39 is 11.0 Å². The number of non-ortho nitro benzene ring substituents is 1. The van der Waals surface area contributed by atoms with Crippen molar-refractivity contribution in [3.8, 4) is 0 Å². The SMILES string of the molecule is O=C1C=C(c2ccccc2)C[C@H](c2cccc([N+](=O)[O-])c2)[C@@H]1n1nnc2ccccc21. The first-order valence-corrected chi connectivity index (χ1v) is 9.96. The number of carbonyl (C=O) groups excluding carboxylic acids is 1. The quantitative estimate of drug-likeness (QED) is 0.359. The van der Waals surface area contributed by atoms with Gasteiger partial charge in [0.15, 0.2) is 5.78 Å². The van der Waals surface area contributed by atoms with Crippen molar-refractivity contribution in [3.63, 3.8) is 0 Å². The molecule has 0 aliphatic heterocycles. The molecule has 7 nitrogen and oxygen atoms in total. The number of hydrogen-bond donors (Lipinski definition) is 0. The van der Waals surface area contributed by atoms with Gasteiger partial charge in [0, 0.05) is 18.1 Å². The molecule has 152 valence electrons. The zero-order valence-electron chi connectivity index (χ0n) is 16.5. The molecular weight excluding hydrogens is 392 g/mol. The molecular formula is C24H18N4O3. The molecule has 31 heavy (non-hydrogen) atoms. The van der Waals surface area contributed by atoms with Crippen molar-refractivity contribution in [1.29, 1.82) is 0 Å². The largest absolute Gasteiger partial charge is 0.292 e. The molecule has 0 radical (unpaired) electrons. The van der Waals surface area contributed by atoms with Gasteiger partial charge in [0.05, 0.1) is 10.4 Å². The van der Waals surface area contributed by atoms with Crippen LogP contribution in [0.4, 0.5) is 5.69 Å². The maximum atomic E-state index is 13.4. The number of hydrogen-bond acceptors (Lipinski definition) is 5. The summed E-state index contributed by atoms with van der Waals surface area (Å²) in [6, 6.07) is 23.1. The lowest BCUT2D eigenvalue weighted by atomic mass is 9.77. The van der Waals surface area contributed by atoms with E-state index in [0.717, 1.165) is 22.2 Å². The van der Waals surface area contributed by atoms with Gasteiger partial charge in [0.2, 0.25) is 0 Å². The number of nitrogens with zero attached hydrogens (tertiary/aromatic N) is 4. The van der Waals surface area contributed by atoms with Gasteiger partial charge in [0.1, 0.15) is 11.6 Å². The summed E-state index contributed by atoms with van der Waals surface area (Å²) in [6.07, 6.45) is 2.22. The predicted octanol–water partition coefficient (Wildman–Crippen LogP) is 4.72. The molecule has 4 aromatic rings. The van der Waals surface area contributed by atoms with Crippen LogP contribution in [0.5, 0.6) is 0 Å². The number of nitro groups is 1. The van der Waals surface area contributed by atoms with Gasteiger partial charge in [0.25, 0.3) is 5.69 Å². The van der Waals surface area contributed by atoms with E-state index in [-0.39, 0.29) is 17.4 Å². The van der Waals surface area contributed by atoms with Crippen LogP contribution in [0, 0.1) is 10.1 Å². The summed E-state index contributed by atoms with van der Waals surface area (Å²) in [5, 5.41) is 19.9. The molecule has 1 aliphatic rings. The highest BCUT2D eigenvalue weighted by molar-refractivity contribution is 6.02. The molecule has 1 heterocycles. The smallest absolute Gasteiger partial charge is 0.269 e. The average Bonchev–Trinajstić information content (AvgIpc) is 3.23. The van der Waals surface area contributed by atoms with Crippen molar-refractivity contribution < 1.29 is 9.72 Å². The third-order valence-electron chi connectivity index (χ3n) is 5.72. The molecule has 0 saturated carbocycles. The summed E-state index contributed by atoms with van der Waals surface area (Å²) in [7, 11) is 0. The molecule has 0 bridgehead atoms. The van der Waals surface area contributed by atoms with Crippen LogP contribution in [0.3, 0.4) is 0 Å². The Morgan fingerprint density at radius 2 is 1.74 bits per heavy atom. The van der Waals surface area contributed by atoms with Crippen molar-refractivity contribution in [2.75, 3.05) is 0 Å². The van der Waals surface area contributed by atoms with Crippen LogP contribution in [0.1, 0.15) is 29.5 Å². The predicted molar refractivity (Wildman–Crippen MR) is 116 cm³/mol. The zero-order chi connectivity index (χ0) is 21.4. The Balaban J connectivity index is 1.67. The lowest BCUT2D eigenvalue weighted by molar-refractivity contribution is -0.384. The fourth-order valence-corrected chi connectivity index (χ4v) is 4.27. The Labute approximate surface area is 177 Å². The maximum Gasteiger partial charge on any atom is 0.269 e. The fourth-order valence-electron chi connectivity index (χ4n) is 4.27. The zero-order valence-corrected chi connectivity index (χ0v) is 16.5. The summed E-state index contributed by atoms with van der Waals surface area (Å²) in [5.41, 5.74) is 4.06. The monoisotopic (exact) mass is 410 g/mol. The van der Waals surface area contributed by atoms with Crippen LogP contribution in [0.25, 0.3) is 16.6 Å². The number of fused-ring (bicyclic) bond motifs is 1. The van der Waals surface area contributed by atoms with Gasteiger partial charge in [-0.05, 0) is 41.3 Å². The summed E-state index contributed by atoms with van der Waals surface area (Å²) in [6.45, 7) is 0. The van der Waals surface area contributed by atoms with Crippen LogP contribution < -0.4 is 0 Å². The van der Waals surface area contributed by atoms with Crippen LogP contribution >= 0.6 is 0 Å². The van der Waals surface area contributed by atoms with Crippen molar-refractivity contribution in [3.05, 3.63) is 106 Å². The van der Waals surface area contributed by atoms with Crippen molar-refractivity contribution in [1.82, 2.24) is 15.0 Å². The Kier molecular flexibility index (Phi) is 4.63. The fraction of sp³-hybridized carbons (Fsp3) is 0.125. The molecule has 1 aliphatic carbocycles. The molecule has 0 saturated heterocycles. The minimum absolute atomic E-state index is 0.00274. The van der Waals surface area contributed by atoms with Crippen molar-refractivity contribution >= 4 is 28.1 Å². The highest BCUT2D eigenvalue weighted by Gasteiger charge is 2.37. The lowest BCUT2D eigenvalue weighted by Crippen LogP contribution is -2.29. The normalized spacial score (nSPS) is 18.7. The molecule has 0 amide bonds. The third kappa shape index (κ3) is 3.40. The van der Waals surface area contributed by atoms with Crippen LogP contribution in [0.2, 0.25) is 0 Å². The average molecular weight is 410 g/mol. The van der Waals surface area contributed by atoms with E-state index >= 15 is 0 Å². The van der Waals surface area contributed by atoms with Gasteiger partial charge in [-0.25, -0.2) is 4.68 Å². The number of aromatic nitrogens is 3. The summed E-state index contributed by atoms with van der Waals surface area (Å²) in [4.78, 5) is 24.4. The third-order valence-corrected chi connectivity index (χ3v) is 5.72. The summed E-state index contributed by atoms with van der Waals surface area (Å²) >= 11 is 0. The van der Waals surface area contributed by atoms with Crippen molar-refractivity contribution in [2.24, 2.45) is 0 Å². The first kappa shape index (κ1) is 18.9. The number of rotatable bonds is 4. The van der Waals surface area contributed by atoms with E-state index in [1.54, 1.807) is 22.9 Å². The minimum Gasteiger partial charge on any atom is -0.292 e. The molecule has 0 unspecified atom stereocenters. The van der Waals surface area contributed by atoms with E-state index in [2.05, 4.69) is 10.3 Å². The molecule has 7 heteroatoms. The van der Waals surface area contributed by atoms with Crippen LogP contribution in [0.15, 0.2) is 84.9 Å². The molecule has 2 atom stereocenters. The second-order valence-electron chi connectivity index (χ2n) is 7.57. The summed E-state index contributed by atoms with van der Waals surface area (Å²) in [5.74, 6) is -0.421. The van der Waals surface area contributed by atoms with E-state index in [0.29, 0.717) is 11.9 Å². The minimum atomic E-state index is -0.637. The van der Waals surface area contributed by atoms with E-state index in [1.807, 2.05) is 60.7 Å². The number of ketones is 1. The Bertz CT molecular complexity index is 1330. The number of carbonyl (C=O) groups is 1. The van der Waals surface area contributed by atoms with Gasteiger partial charge < -0.3 is 0 Å². The number of allylic oxidation sites excluding steroid dienone is 2. The van der Waals surface area contributed by atoms with Gasteiger partial charge in [-0.1, -0.05) is 59.8 Å². The Morgan fingerprint density at radius 1 is 0.968 bits per heavy atom. The standard InChI is InChI=1S/C24H18N4O3/c29-23-15-18(16-7-2-1-3-8-16)14-20(17-9-6-10-19(13-17)28(30)31)24(23)27-22-12-5-4-11-21(22)25-26-27/h1-13,15,20,24H,14H2/t20-,24+/m1/s1. The Hall–Kier alpha value is -4.13. The number of benzene rings is 3. The molecule has 0 fully saturated rings. The van der Waals surface area contributed by atoms with Gasteiger partial charge in [-0.3, -0.25) is 14.9 Å². The van der Waals surface area contributed by atoms with Gasteiger partial charge in [-0.15, -0.1) is 5.10 Å². The van der Waals surface area contributed by atoms with E-state index in [4.69, 9.17) is 0 Å². The first-order chi connectivity index (χ1) is 15.1. The van der Waals surface area contributed by atoms with Crippen LogP contribution in [-0.4, -0.2) is 25.7 Å². The molecule has 3 aromatic carbocycles. The Morgan fingerprint density at radius 3 is 2.55 bits per heavy atom. The van der Waals surface area contributed by atoms with Crippen LogP contribution in [-0.2, 0) is 4.79 Å². The second-order valence-corrected chi connectivity index (χ2v) is 7.57. The van der Waals surface area contributed by atoms with Gasteiger partial charge in [-0.2, -0.15) is 0 Å².